The van der Waals surface area contributed by atoms with Gasteiger partial charge in [0.15, 0.2) is 6.29 Å². The van der Waals surface area contributed by atoms with Crippen molar-refractivity contribution in [3.8, 4) is 0 Å². The predicted octanol–water partition coefficient (Wildman–Crippen LogP) is 1.17. The molecule has 5 N–H and O–H groups in total. The fourth-order valence-corrected chi connectivity index (χ4v) is 6.38. The molecule has 2 aliphatic heterocycles. The number of carbonyl (C=O) groups is 2. The number of aliphatic hydroxyl groups is 4. The quantitative estimate of drug-likeness (QED) is 0.299. The Hall–Kier alpha value is -1.18. The third-order valence-corrected chi connectivity index (χ3v) is 9.26. The monoisotopic (exact) mass is 575 g/mol. The summed E-state index contributed by atoms with van der Waals surface area (Å²) in [7, 11) is 3.22. The molecule has 2 aliphatic rings. The lowest BCUT2D eigenvalue weighted by Crippen LogP contribution is -2.60. The average molecular weight is 576 g/mol. The molecule has 0 aliphatic carbocycles. The van der Waals surface area contributed by atoms with Crippen molar-refractivity contribution < 1.29 is 49.0 Å². The number of nitrogens with one attached hydrogen (secondary N) is 1. The van der Waals surface area contributed by atoms with Gasteiger partial charge in [0.2, 0.25) is 0 Å². The van der Waals surface area contributed by atoms with Gasteiger partial charge < -0.3 is 44.7 Å². The topological polar surface area (TPSA) is 164 Å². The van der Waals surface area contributed by atoms with Crippen LogP contribution in [0.25, 0.3) is 0 Å². The molecule has 234 valence electrons. The third-order valence-electron chi connectivity index (χ3n) is 9.26. The van der Waals surface area contributed by atoms with E-state index in [1.54, 1.807) is 34.7 Å². The highest BCUT2D eigenvalue weighted by atomic mass is 16.7. The van der Waals surface area contributed by atoms with Crippen LogP contribution in [0.4, 0.5) is 0 Å². The van der Waals surface area contributed by atoms with E-state index in [0.29, 0.717) is 6.42 Å². The molecular weight excluding hydrogens is 522 g/mol. The molecular formula is C29H53NO10. The van der Waals surface area contributed by atoms with Crippen LogP contribution in [0.5, 0.6) is 0 Å². The summed E-state index contributed by atoms with van der Waals surface area (Å²) in [6, 6.07) is -0.295. The number of aliphatic hydroxyl groups excluding tert-OH is 3. The standard InChI is InChI=1S/C29H53NO10/c1-11-20-29(8,36)24(34)16(4)21(31)14(2)13-28(7,37-10)25(17(5)22(32)18(6)26(35)39-20)40-27-23(33)19(30-9)12-15(3)38-27/h14-20,22-25,27,30,32-34,36H,11-13H2,1-10H3/t14-,15+,16+,17-,18+,19?,20+,22-,23-,24-,25-,27-,28?,29?/m0/s1. The second-order valence-corrected chi connectivity index (χ2v) is 12.4. The largest absolute Gasteiger partial charge is 0.459 e. The number of Topliss-reactive ketones (excluding diaryl/α,β-unsaturated/α-hetero) is 1. The molecule has 2 saturated heterocycles. The van der Waals surface area contributed by atoms with E-state index in [4.69, 9.17) is 18.9 Å². The van der Waals surface area contributed by atoms with E-state index in [-0.39, 0.29) is 30.8 Å². The van der Waals surface area contributed by atoms with E-state index >= 15 is 0 Å². The molecule has 14 atom stereocenters. The maximum atomic E-state index is 13.6. The fourth-order valence-electron chi connectivity index (χ4n) is 6.38. The van der Waals surface area contributed by atoms with Crippen molar-refractivity contribution >= 4 is 11.8 Å². The fraction of sp³-hybridized carbons (Fsp3) is 0.931. The lowest BCUT2D eigenvalue weighted by molar-refractivity contribution is -0.296. The highest BCUT2D eigenvalue weighted by molar-refractivity contribution is 5.83. The molecule has 11 nitrogen and oxygen atoms in total. The molecule has 0 saturated carbocycles. The lowest BCUT2D eigenvalue weighted by atomic mass is 9.74. The van der Waals surface area contributed by atoms with Gasteiger partial charge in [0, 0.05) is 30.9 Å². The SMILES string of the molecule is CC[C@H]1OC(=O)[C@H](C)[C@@H](O)[C@H](C)[C@H](O[C@@H]2O[C@H](C)CC(NC)[C@@H]2O)C(C)(OC)C[C@H](C)C(=O)[C@@H](C)[C@H](O)C1(C)O. The molecule has 2 heterocycles. The zero-order chi connectivity index (χ0) is 30.7. The molecule has 0 bridgehead atoms. The van der Waals surface area contributed by atoms with Crippen LogP contribution in [0.1, 0.15) is 74.7 Å². The van der Waals surface area contributed by atoms with Crippen molar-refractivity contribution in [3.63, 3.8) is 0 Å². The highest BCUT2D eigenvalue weighted by Gasteiger charge is 2.51. The van der Waals surface area contributed by atoms with Gasteiger partial charge >= 0.3 is 5.97 Å². The predicted molar refractivity (Wildman–Crippen MR) is 147 cm³/mol. The van der Waals surface area contributed by atoms with Gasteiger partial charge in [-0.2, -0.15) is 0 Å². The Balaban J connectivity index is 2.59. The van der Waals surface area contributed by atoms with Crippen molar-refractivity contribution in [2.45, 2.75) is 135 Å². The first kappa shape index (κ1) is 35.0. The van der Waals surface area contributed by atoms with Crippen LogP contribution in [0.2, 0.25) is 0 Å². The summed E-state index contributed by atoms with van der Waals surface area (Å²) >= 11 is 0. The van der Waals surface area contributed by atoms with E-state index in [1.165, 1.54) is 27.9 Å². The first-order chi connectivity index (χ1) is 18.5. The van der Waals surface area contributed by atoms with Crippen molar-refractivity contribution in [3.05, 3.63) is 0 Å². The molecule has 0 aromatic heterocycles. The summed E-state index contributed by atoms with van der Waals surface area (Å²) < 4.78 is 24.0. The number of cyclic esters (lactones) is 1. The minimum Gasteiger partial charge on any atom is -0.459 e. The summed E-state index contributed by atoms with van der Waals surface area (Å²) in [5.74, 6) is -4.49. The number of likely N-dealkylation sites (N-methyl/N-ethyl adjacent to an activating group) is 1. The second kappa shape index (κ2) is 13.9. The zero-order valence-electron chi connectivity index (χ0n) is 25.8. The Kier molecular flexibility index (Phi) is 12.1. The number of esters is 1. The maximum absolute atomic E-state index is 13.6. The molecule has 2 fully saturated rings. The second-order valence-electron chi connectivity index (χ2n) is 12.4. The molecule has 0 amide bonds. The minimum atomic E-state index is -1.91. The van der Waals surface area contributed by atoms with Gasteiger partial charge in [-0.25, -0.2) is 0 Å². The van der Waals surface area contributed by atoms with Crippen LogP contribution >= 0.6 is 0 Å². The number of rotatable bonds is 5. The smallest absolute Gasteiger partial charge is 0.311 e. The molecule has 0 aromatic rings. The van der Waals surface area contributed by atoms with Gasteiger partial charge in [-0.15, -0.1) is 0 Å². The average Bonchev–Trinajstić information content (AvgIpc) is 2.92. The summed E-state index contributed by atoms with van der Waals surface area (Å²) in [6.07, 6.45) is -6.30. The van der Waals surface area contributed by atoms with E-state index < -0.39 is 77.7 Å². The number of ketones is 1. The first-order valence-corrected chi connectivity index (χ1v) is 14.5. The van der Waals surface area contributed by atoms with Gasteiger partial charge in [0.1, 0.15) is 23.6 Å². The molecule has 0 radical (unpaired) electrons. The van der Waals surface area contributed by atoms with Crippen LogP contribution in [0.3, 0.4) is 0 Å². The molecule has 0 aromatic carbocycles. The van der Waals surface area contributed by atoms with Gasteiger partial charge in [0.05, 0.1) is 35.9 Å². The summed E-state index contributed by atoms with van der Waals surface area (Å²) in [5.41, 5.74) is -3.11. The number of carbonyl (C=O) groups excluding carboxylic acids is 2. The third kappa shape index (κ3) is 7.23. The highest BCUT2D eigenvalue weighted by Crippen LogP contribution is 2.38. The van der Waals surface area contributed by atoms with E-state index in [9.17, 15) is 30.0 Å². The Morgan fingerprint density at radius 1 is 1.02 bits per heavy atom. The molecule has 40 heavy (non-hydrogen) atoms. The maximum Gasteiger partial charge on any atom is 0.311 e. The lowest BCUT2D eigenvalue weighted by Gasteiger charge is -2.47. The normalized spacial score (nSPS) is 48.4. The molecule has 0 spiro atoms. The van der Waals surface area contributed by atoms with E-state index in [1.807, 2.05) is 6.92 Å². The van der Waals surface area contributed by atoms with Crippen molar-refractivity contribution in [2.24, 2.45) is 23.7 Å². The number of ether oxygens (including phenoxy) is 4. The van der Waals surface area contributed by atoms with Gasteiger partial charge in [-0.1, -0.05) is 27.7 Å². The van der Waals surface area contributed by atoms with Gasteiger partial charge in [0.25, 0.3) is 0 Å². The van der Waals surface area contributed by atoms with Crippen LogP contribution in [0.15, 0.2) is 0 Å². The summed E-state index contributed by atoms with van der Waals surface area (Å²) in [4.78, 5) is 26.8. The van der Waals surface area contributed by atoms with Gasteiger partial charge in [-0.3, -0.25) is 9.59 Å². The zero-order valence-corrected chi connectivity index (χ0v) is 25.8. The molecule has 3 unspecified atom stereocenters. The number of hydrogen-bond acceptors (Lipinski definition) is 11. The molecule has 2 rings (SSSR count). The Bertz CT molecular complexity index is 855. The van der Waals surface area contributed by atoms with E-state index in [2.05, 4.69) is 5.32 Å². The summed E-state index contributed by atoms with van der Waals surface area (Å²) in [6.45, 7) is 13.2. The molecule has 11 heteroatoms. The van der Waals surface area contributed by atoms with Crippen LogP contribution in [-0.4, -0.2) is 106 Å². The Morgan fingerprint density at radius 2 is 1.62 bits per heavy atom. The van der Waals surface area contributed by atoms with E-state index in [0.717, 1.165) is 0 Å². The van der Waals surface area contributed by atoms with Crippen molar-refractivity contribution in [1.29, 1.82) is 0 Å². The first-order valence-electron chi connectivity index (χ1n) is 14.5. The number of hydrogen-bond donors (Lipinski definition) is 5. The van der Waals surface area contributed by atoms with Gasteiger partial charge in [-0.05, 0) is 54.0 Å². The Morgan fingerprint density at radius 3 is 2.15 bits per heavy atom. The minimum absolute atomic E-state index is 0.132. The Labute approximate surface area is 238 Å². The summed E-state index contributed by atoms with van der Waals surface area (Å²) in [5, 5.41) is 47.9. The van der Waals surface area contributed by atoms with Crippen LogP contribution < -0.4 is 5.32 Å². The number of methoxy groups -OCH3 is 1. The van der Waals surface area contributed by atoms with Crippen LogP contribution in [-0.2, 0) is 28.5 Å². The van der Waals surface area contributed by atoms with Crippen molar-refractivity contribution in [2.75, 3.05) is 14.2 Å². The van der Waals surface area contributed by atoms with Crippen LogP contribution in [0, 0.1) is 23.7 Å². The van der Waals surface area contributed by atoms with Crippen molar-refractivity contribution in [1.82, 2.24) is 5.32 Å².